The zero-order valence-electron chi connectivity index (χ0n) is 11.0. The van der Waals surface area contributed by atoms with Gasteiger partial charge in [-0.25, -0.2) is 4.98 Å². The topological polar surface area (TPSA) is 75.4 Å². The lowest BCUT2D eigenvalue weighted by molar-refractivity contribution is -0.142. The Morgan fingerprint density at radius 2 is 2.11 bits per heavy atom. The largest absolute Gasteiger partial charge is 0.481 e. The van der Waals surface area contributed by atoms with Crippen LogP contribution in [0.15, 0.2) is 12.4 Å². The molecular weight excluding hydrogens is 246 g/mol. The SMILES string of the molecule is CC1(C)[C@H](C(=O)O)[C@@H]1C(=O)N1CCn2ccnc2C1. The third-order valence-corrected chi connectivity index (χ3v) is 4.42. The van der Waals surface area contributed by atoms with Crippen LogP contribution in [0.3, 0.4) is 0 Å². The number of hydrogen-bond acceptors (Lipinski definition) is 3. The number of imidazole rings is 1. The van der Waals surface area contributed by atoms with E-state index in [1.165, 1.54) is 0 Å². The Morgan fingerprint density at radius 1 is 1.37 bits per heavy atom. The molecule has 2 atom stereocenters. The molecule has 1 aromatic heterocycles. The number of nitrogens with zero attached hydrogens (tertiary/aromatic N) is 3. The Balaban J connectivity index is 1.75. The lowest BCUT2D eigenvalue weighted by Crippen LogP contribution is -2.40. The minimum Gasteiger partial charge on any atom is -0.481 e. The first kappa shape index (κ1) is 12.2. The standard InChI is InChI=1S/C13H17N3O3/c1-13(2)9(10(13)12(18)19)11(17)16-6-5-15-4-3-14-8(15)7-16/h3-4,9-10H,5-7H2,1-2H3,(H,18,19)/t9-,10+/m1/s1. The second-order valence-electron chi connectivity index (χ2n) is 5.91. The van der Waals surface area contributed by atoms with E-state index in [1.807, 2.05) is 24.6 Å². The van der Waals surface area contributed by atoms with Gasteiger partial charge in [-0.1, -0.05) is 13.8 Å². The smallest absolute Gasteiger partial charge is 0.307 e. The minimum absolute atomic E-state index is 0.0494. The summed E-state index contributed by atoms with van der Waals surface area (Å²) in [5, 5.41) is 9.14. The zero-order chi connectivity index (χ0) is 13.8. The summed E-state index contributed by atoms with van der Waals surface area (Å²) in [6.07, 6.45) is 3.63. The van der Waals surface area contributed by atoms with E-state index in [9.17, 15) is 9.59 Å². The molecule has 6 heteroatoms. The summed E-state index contributed by atoms with van der Waals surface area (Å²) in [6.45, 7) is 5.52. The maximum atomic E-state index is 12.4. The number of aromatic nitrogens is 2. The van der Waals surface area contributed by atoms with Crippen molar-refractivity contribution in [2.24, 2.45) is 17.3 Å². The van der Waals surface area contributed by atoms with Crippen LogP contribution in [0.1, 0.15) is 19.7 Å². The van der Waals surface area contributed by atoms with Crippen LogP contribution in [-0.2, 0) is 22.7 Å². The molecule has 1 amide bonds. The van der Waals surface area contributed by atoms with E-state index in [4.69, 9.17) is 5.11 Å². The summed E-state index contributed by atoms with van der Waals surface area (Å²) in [4.78, 5) is 29.5. The number of fused-ring (bicyclic) bond motifs is 1. The fourth-order valence-electron chi connectivity index (χ4n) is 3.12. The van der Waals surface area contributed by atoms with Gasteiger partial charge in [-0.15, -0.1) is 0 Å². The number of carbonyl (C=O) groups excluding carboxylic acids is 1. The predicted octanol–water partition coefficient (Wildman–Crippen LogP) is 0.582. The van der Waals surface area contributed by atoms with Gasteiger partial charge in [-0.05, 0) is 5.41 Å². The van der Waals surface area contributed by atoms with E-state index >= 15 is 0 Å². The molecule has 1 fully saturated rings. The molecule has 102 valence electrons. The fourth-order valence-corrected chi connectivity index (χ4v) is 3.12. The van der Waals surface area contributed by atoms with Gasteiger partial charge in [0, 0.05) is 25.5 Å². The summed E-state index contributed by atoms with van der Waals surface area (Å²) < 4.78 is 2.02. The molecule has 0 saturated heterocycles. The number of carboxylic acids is 1. The average Bonchev–Trinajstić information content (AvgIpc) is 2.73. The van der Waals surface area contributed by atoms with Crippen molar-refractivity contribution in [2.75, 3.05) is 6.54 Å². The summed E-state index contributed by atoms with van der Waals surface area (Å²) >= 11 is 0. The molecule has 3 rings (SSSR count). The van der Waals surface area contributed by atoms with E-state index in [1.54, 1.807) is 11.1 Å². The molecule has 0 radical (unpaired) electrons. The fraction of sp³-hybridized carbons (Fsp3) is 0.615. The quantitative estimate of drug-likeness (QED) is 0.847. The van der Waals surface area contributed by atoms with E-state index in [0.29, 0.717) is 13.1 Å². The number of carbonyl (C=O) groups is 2. The zero-order valence-corrected chi connectivity index (χ0v) is 11.0. The molecule has 2 heterocycles. The molecule has 1 aliphatic heterocycles. The second-order valence-corrected chi connectivity index (χ2v) is 5.91. The molecule has 0 aromatic carbocycles. The Hall–Kier alpha value is -1.85. The number of amides is 1. The van der Waals surface area contributed by atoms with E-state index < -0.39 is 23.2 Å². The lowest BCUT2D eigenvalue weighted by atomic mass is 10.1. The van der Waals surface area contributed by atoms with Gasteiger partial charge in [0.15, 0.2) is 0 Å². The van der Waals surface area contributed by atoms with Gasteiger partial charge in [-0.3, -0.25) is 9.59 Å². The second kappa shape index (κ2) is 3.82. The molecule has 0 spiro atoms. The number of hydrogen-bond donors (Lipinski definition) is 1. The molecule has 1 aliphatic carbocycles. The van der Waals surface area contributed by atoms with Gasteiger partial charge in [0.2, 0.25) is 5.91 Å². The van der Waals surface area contributed by atoms with Crippen molar-refractivity contribution in [1.82, 2.24) is 14.5 Å². The van der Waals surface area contributed by atoms with Crippen molar-refractivity contribution in [2.45, 2.75) is 26.9 Å². The van der Waals surface area contributed by atoms with Gasteiger partial charge in [0.1, 0.15) is 5.82 Å². The Bertz CT molecular complexity index is 549. The third-order valence-electron chi connectivity index (χ3n) is 4.42. The van der Waals surface area contributed by atoms with Gasteiger partial charge >= 0.3 is 5.97 Å². The molecule has 2 aliphatic rings. The van der Waals surface area contributed by atoms with Crippen molar-refractivity contribution in [3.8, 4) is 0 Å². The van der Waals surface area contributed by atoms with Crippen LogP contribution in [0.2, 0.25) is 0 Å². The molecule has 1 saturated carbocycles. The van der Waals surface area contributed by atoms with Crippen LogP contribution in [0.4, 0.5) is 0 Å². The Labute approximate surface area is 111 Å². The van der Waals surface area contributed by atoms with Crippen molar-refractivity contribution in [3.63, 3.8) is 0 Å². The van der Waals surface area contributed by atoms with Gasteiger partial charge in [0.25, 0.3) is 0 Å². The summed E-state index contributed by atoms with van der Waals surface area (Å²) in [5.41, 5.74) is -0.435. The molecule has 0 bridgehead atoms. The summed E-state index contributed by atoms with van der Waals surface area (Å²) in [7, 11) is 0. The highest BCUT2D eigenvalue weighted by Gasteiger charge is 2.66. The highest BCUT2D eigenvalue weighted by Crippen LogP contribution is 2.59. The summed E-state index contributed by atoms with van der Waals surface area (Å²) in [5.74, 6) is -1.01. The Morgan fingerprint density at radius 3 is 2.74 bits per heavy atom. The number of aliphatic carboxylic acids is 1. The van der Waals surface area contributed by atoms with Crippen LogP contribution >= 0.6 is 0 Å². The molecule has 19 heavy (non-hydrogen) atoms. The number of rotatable bonds is 2. The van der Waals surface area contributed by atoms with E-state index in [2.05, 4.69) is 4.98 Å². The monoisotopic (exact) mass is 263 g/mol. The highest BCUT2D eigenvalue weighted by molar-refractivity contribution is 5.91. The van der Waals surface area contributed by atoms with Crippen LogP contribution in [0.5, 0.6) is 0 Å². The van der Waals surface area contributed by atoms with Crippen LogP contribution in [0.25, 0.3) is 0 Å². The van der Waals surface area contributed by atoms with Crippen molar-refractivity contribution in [1.29, 1.82) is 0 Å². The first-order chi connectivity index (χ1) is 8.93. The normalized spacial score (nSPS) is 27.8. The van der Waals surface area contributed by atoms with Gasteiger partial charge in [0.05, 0.1) is 18.4 Å². The molecule has 6 nitrogen and oxygen atoms in total. The maximum absolute atomic E-state index is 12.4. The van der Waals surface area contributed by atoms with Crippen molar-refractivity contribution < 1.29 is 14.7 Å². The predicted molar refractivity (Wildman–Crippen MR) is 66.0 cm³/mol. The van der Waals surface area contributed by atoms with Crippen LogP contribution in [-0.4, -0.2) is 38.0 Å². The third kappa shape index (κ3) is 1.74. The number of carboxylic acid groups (broad SMARTS) is 1. The van der Waals surface area contributed by atoms with Crippen LogP contribution < -0.4 is 0 Å². The van der Waals surface area contributed by atoms with Gasteiger partial charge < -0.3 is 14.6 Å². The van der Waals surface area contributed by atoms with E-state index in [-0.39, 0.29) is 5.91 Å². The average molecular weight is 263 g/mol. The van der Waals surface area contributed by atoms with E-state index in [0.717, 1.165) is 12.4 Å². The summed E-state index contributed by atoms with van der Waals surface area (Å²) in [6, 6.07) is 0. The Kier molecular flexibility index (Phi) is 2.45. The molecule has 1 N–H and O–H groups in total. The van der Waals surface area contributed by atoms with Crippen LogP contribution in [0, 0.1) is 17.3 Å². The maximum Gasteiger partial charge on any atom is 0.307 e. The minimum atomic E-state index is -0.873. The molecule has 0 unspecified atom stereocenters. The lowest BCUT2D eigenvalue weighted by Gasteiger charge is -2.28. The van der Waals surface area contributed by atoms with Gasteiger partial charge in [-0.2, -0.15) is 0 Å². The first-order valence-corrected chi connectivity index (χ1v) is 6.44. The molecular formula is C13H17N3O3. The highest BCUT2D eigenvalue weighted by atomic mass is 16.4. The van der Waals surface area contributed by atoms with Crippen molar-refractivity contribution >= 4 is 11.9 Å². The van der Waals surface area contributed by atoms with Crippen molar-refractivity contribution in [3.05, 3.63) is 18.2 Å². The first-order valence-electron chi connectivity index (χ1n) is 6.44. The molecule has 1 aromatic rings.